The maximum Gasteiger partial charge on any atom is 0.326 e. The van der Waals surface area contributed by atoms with Crippen molar-refractivity contribution in [3.8, 4) is 5.75 Å². The van der Waals surface area contributed by atoms with E-state index in [4.69, 9.17) is 16.6 Å². The highest BCUT2D eigenvalue weighted by Gasteiger charge is 2.31. The van der Waals surface area contributed by atoms with E-state index in [0.717, 1.165) is 0 Å². The van der Waals surface area contributed by atoms with Crippen LogP contribution in [0, 0.1) is 5.92 Å². The van der Waals surface area contributed by atoms with Crippen molar-refractivity contribution in [2.75, 3.05) is 0 Å². The van der Waals surface area contributed by atoms with Crippen molar-refractivity contribution in [2.45, 2.75) is 70.1 Å². The number of carbonyl (C=O) groups is 6. The fourth-order valence-corrected chi connectivity index (χ4v) is 3.45. The average molecular weight is 538 g/mol. The van der Waals surface area contributed by atoms with Crippen molar-refractivity contribution in [2.24, 2.45) is 17.4 Å². The van der Waals surface area contributed by atoms with Crippen LogP contribution in [0.15, 0.2) is 24.3 Å². The van der Waals surface area contributed by atoms with Crippen LogP contribution >= 0.6 is 0 Å². The van der Waals surface area contributed by atoms with E-state index in [9.17, 15) is 39.0 Å². The van der Waals surface area contributed by atoms with Gasteiger partial charge in [-0.25, -0.2) is 4.79 Å². The number of aliphatic carboxylic acids is 2. The Kier molecular flexibility index (Phi) is 12.7. The number of phenolic OH excluding ortho intramolecular Hbond substituents is 1. The smallest absolute Gasteiger partial charge is 0.326 e. The first kappa shape index (κ1) is 31.8. The molecule has 4 unspecified atom stereocenters. The van der Waals surface area contributed by atoms with Gasteiger partial charge in [0.05, 0.1) is 12.5 Å². The predicted molar refractivity (Wildman–Crippen MR) is 133 cm³/mol. The minimum Gasteiger partial charge on any atom is -0.508 e. The highest BCUT2D eigenvalue weighted by Crippen LogP contribution is 2.12. The van der Waals surface area contributed by atoms with E-state index in [0.29, 0.717) is 12.0 Å². The lowest BCUT2D eigenvalue weighted by Gasteiger charge is -2.25. The molecule has 0 aliphatic rings. The van der Waals surface area contributed by atoms with E-state index in [-0.39, 0.29) is 18.1 Å². The van der Waals surface area contributed by atoms with Gasteiger partial charge in [-0.05, 0) is 36.5 Å². The summed E-state index contributed by atoms with van der Waals surface area (Å²) in [7, 11) is 0. The van der Waals surface area contributed by atoms with Crippen molar-refractivity contribution in [1.29, 1.82) is 0 Å². The third-order valence-corrected chi connectivity index (χ3v) is 5.37. The quantitative estimate of drug-likeness (QED) is 0.122. The second-order valence-corrected chi connectivity index (χ2v) is 9.23. The summed E-state index contributed by atoms with van der Waals surface area (Å²) in [6, 6.07) is 0.373. The Hall–Kier alpha value is -4.20. The lowest BCUT2D eigenvalue weighted by molar-refractivity contribution is -0.143. The van der Waals surface area contributed by atoms with Gasteiger partial charge in [0.25, 0.3) is 0 Å². The molecule has 1 rings (SSSR count). The molecule has 0 fully saturated rings. The van der Waals surface area contributed by atoms with Crippen LogP contribution in [0.1, 0.15) is 45.1 Å². The van der Waals surface area contributed by atoms with Gasteiger partial charge in [-0.3, -0.25) is 24.0 Å². The Bertz CT molecular complexity index is 1010. The molecular formula is C24H35N5O9. The van der Waals surface area contributed by atoms with E-state index in [1.165, 1.54) is 24.3 Å². The van der Waals surface area contributed by atoms with Crippen LogP contribution in [0.25, 0.3) is 0 Å². The molecule has 10 N–H and O–H groups in total. The van der Waals surface area contributed by atoms with Gasteiger partial charge in [0.1, 0.15) is 23.9 Å². The summed E-state index contributed by atoms with van der Waals surface area (Å²) in [4.78, 5) is 72.4. The first-order chi connectivity index (χ1) is 17.7. The first-order valence-corrected chi connectivity index (χ1v) is 11.9. The summed E-state index contributed by atoms with van der Waals surface area (Å²) in [6.07, 6.45) is -1.44. The van der Waals surface area contributed by atoms with Crippen molar-refractivity contribution in [1.82, 2.24) is 16.0 Å². The first-order valence-electron chi connectivity index (χ1n) is 11.9. The van der Waals surface area contributed by atoms with E-state index >= 15 is 0 Å². The average Bonchev–Trinajstić information content (AvgIpc) is 2.80. The normalized spacial score (nSPS) is 14.0. The number of carboxylic acids is 2. The van der Waals surface area contributed by atoms with E-state index in [1.54, 1.807) is 0 Å². The molecule has 1 aromatic carbocycles. The third-order valence-electron chi connectivity index (χ3n) is 5.37. The van der Waals surface area contributed by atoms with Crippen LogP contribution in [0.2, 0.25) is 0 Å². The lowest BCUT2D eigenvalue weighted by Crippen LogP contribution is -2.58. The number of primary amides is 1. The maximum absolute atomic E-state index is 13.2. The molecule has 14 heteroatoms. The van der Waals surface area contributed by atoms with Crippen LogP contribution < -0.4 is 27.4 Å². The molecule has 0 aliphatic carbocycles. The van der Waals surface area contributed by atoms with Gasteiger partial charge in [0.2, 0.25) is 23.6 Å². The van der Waals surface area contributed by atoms with Crippen LogP contribution in [-0.2, 0) is 35.2 Å². The molecule has 0 saturated carbocycles. The zero-order chi connectivity index (χ0) is 29.0. The van der Waals surface area contributed by atoms with Gasteiger partial charge in [-0.15, -0.1) is 0 Å². The molecule has 0 saturated heterocycles. The summed E-state index contributed by atoms with van der Waals surface area (Å²) >= 11 is 0. The van der Waals surface area contributed by atoms with Gasteiger partial charge in [-0.1, -0.05) is 26.0 Å². The number of hydrogen-bond acceptors (Lipinski definition) is 8. The van der Waals surface area contributed by atoms with E-state index < -0.39 is 79.0 Å². The van der Waals surface area contributed by atoms with Gasteiger partial charge >= 0.3 is 11.9 Å². The molecule has 0 aromatic heterocycles. The second kappa shape index (κ2) is 15.1. The Morgan fingerprint density at radius 3 is 1.87 bits per heavy atom. The van der Waals surface area contributed by atoms with Crippen LogP contribution in [-0.4, -0.2) is 75.1 Å². The predicted octanol–water partition coefficient (Wildman–Crippen LogP) is -1.41. The standard InChI is InChI=1S/C24H35N5O9/c1-12(2)9-15(25)21(34)28-17(10-13-3-5-14(30)6-4-13)22(35)29-18(11-19(26)31)23(36)27-16(24(37)38)7-8-20(32)33/h3-6,12,15-18,30H,7-11,25H2,1-2H3,(H2,26,31)(H,27,36)(H,28,34)(H,29,35)(H,32,33)(H,37,38). The number of carboxylic acid groups (broad SMARTS) is 2. The fourth-order valence-electron chi connectivity index (χ4n) is 3.45. The highest BCUT2D eigenvalue weighted by molar-refractivity contribution is 5.96. The number of aromatic hydroxyl groups is 1. The Morgan fingerprint density at radius 2 is 1.37 bits per heavy atom. The molecule has 1 aromatic rings. The topological polar surface area (TPSA) is 251 Å². The zero-order valence-electron chi connectivity index (χ0n) is 21.2. The Morgan fingerprint density at radius 1 is 0.842 bits per heavy atom. The molecule has 0 aliphatic heterocycles. The Labute approximate surface area is 219 Å². The SMILES string of the molecule is CC(C)CC(N)C(=O)NC(Cc1ccc(O)cc1)C(=O)NC(CC(N)=O)C(=O)NC(CCC(=O)O)C(=O)O. The number of benzene rings is 1. The fraction of sp³-hybridized carbons (Fsp3) is 0.500. The molecule has 210 valence electrons. The van der Waals surface area contributed by atoms with Crippen molar-refractivity contribution < 1.29 is 44.1 Å². The van der Waals surface area contributed by atoms with Crippen molar-refractivity contribution >= 4 is 35.6 Å². The summed E-state index contributed by atoms with van der Waals surface area (Å²) in [6.45, 7) is 3.73. The molecule has 4 atom stereocenters. The lowest BCUT2D eigenvalue weighted by atomic mass is 10.0. The largest absolute Gasteiger partial charge is 0.508 e. The third kappa shape index (κ3) is 11.7. The van der Waals surface area contributed by atoms with Gasteiger partial charge in [0.15, 0.2) is 0 Å². The second-order valence-electron chi connectivity index (χ2n) is 9.23. The maximum atomic E-state index is 13.2. The highest BCUT2D eigenvalue weighted by atomic mass is 16.4. The van der Waals surface area contributed by atoms with Crippen molar-refractivity contribution in [3.05, 3.63) is 29.8 Å². The summed E-state index contributed by atoms with van der Waals surface area (Å²) in [5, 5.41) is 34.6. The zero-order valence-corrected chi connectivity index (χ0v) is 21.2. The number of hydrogen-bond donors (Lipinski definition) is 8. The molecule has 0 spiro atoms. The van der Waals surface area contributed by atoms with Crippen LogP contribution in [0.5, 0.6) is 5.75 Å². The number of nitrogens with one attached hydrogen (secondary N) is 3. The molecule has 0 bridgehead atoms. The number of carbonyl (C=O) groups excluding carboxylic acids is 4. The van der Waals surface area contributed by atoms with Crippen LogP contribution in [0.3, 0.4) is 0 Å². The van der Waals surface area contributed by atoms with E-state index in [2.05, 4.69) is 16.0 Å². The molecular weight excluding hydrogens is 502 g/mol. The Balaban J connectivity index is 3.14. The minimum atomic E-state index is -1.62. The minimum absolute atomic E-state index is 0.0215. The summed E-state index contributed by atoms with van der Waals surface area (Å²) in [5.74, 6) is -6.31. The molecule has 38 heavy (non-hydrogen) atoms. The van der Waals surface area contributed by atoms with Gasteiger partial charge < -0.3 is 42.7 Å². The van der Waals surface area contributed by atoms with Crippen LogP contribution in [0.4, 0.5) is 0 Å². The van der Waals surface area contributed by atoms with E-state index in [1.807, 2.05) is 13.8 Å². The molecule has 0 radical (unpaired) electrons. The summed E-state index contributed by atoms with van der Waals surface area (Å²) < 4.78 is 0. The molecule has 14 nitrogen and oxygen atoms in total. The number of phenols is 1. The van der Waals surface area contributed by atoms with Crippen molar-refractivity contribution in [3.63, 3.8) is 0 Å². The number of nitrogens with two attached hydrogens (primary N) is 2. The van der Waals surface area contributed by atoms with Gasteiger partial charge in [0, 0.05) is 12.8 Å². The molecule has 4 amide bonds. The number of rotatable bonds is 16. The summed E-state index contributed by atoms with van der Waals surface area (Å²) in [5.41, 5.74) is 11.7. The monoisotopic (exact) mass is 537 g/mol. The van der Waals surface area contributed by atoms with Gasteiger partial charge in [-0.2, -0.15) is 0 Å². The number of amides is 4. The molecule has 0 heterocycles.